The molecule has 0 aliphatic rings. The Labute approximate surface area is 119 Å². The smallest absolute Gasteiger partial charge is 0.416 e. The van der Waals surface area contributed by atoms with Crippen molar-refractivity contribution in [3.8, 4) is 11.3 Å². The molecule has 1 aromatic carbocycles. The Hall–Kier alpha value is -1.46. The average molecular weight is 304 g/mol. The van der Waals surface area contributed by atoms with E-state index in [9.17, 15) is 13.2 Å². The lowest BCUT2D eigenvalue weighted by Crippen LogP contribution is -2.17. The van der Waals surface area contributed by atoms with Crippen LogP contribution in [0.4, 0.5) is 13.2 Å². The van der Waals surface area contributed by atoms with Gasteiger partial charge in [-0.05, 0) is 37.3 Å². The topological polar surface area (TPSA) is 39.2 Å². The van der Waals surface area contributed by atoms with Crippen LogP contribution in [0.25, 0.3) is 11.3 Å². The molecule has 0 radical (unpaired) electrons. The van der Waals surface area contributed by atoms with E-state index >= 15 is 0 Å². The maximum Gasteiger partial charge on any atom is 0.416 e. The molecule has 2 nitrogen and oxygen atoms in total. The third-order valence-corrected chi connectivity index (χ3v) is 2.91. The van der Waals surface area contributed by atoms with Crippen LogP contribution >= 0.6 is 11.6 Å². The molecule has 20 heavy (non-hydrogen) atoms. The SMILES string of the molecule is CC(N)Cc1ccc(-c2cc(Cl)cc(C(F)(F)F)c2)o1. The molecule has 0 saturated heterocycles. The molecule has 0 aliphatic carbocycles. The summed E-state index contributed by atoms with van der Waals surface area (Å²) < 4.78 is 43.7. The van der Waals surface area contributed by atoms with Crippen LogP contribution in [0.15, 0.2) is 34.7 Å². The Morgan fingerprint density at radius 2 is 1.95 bits per heavy atom. The second-order valence-corrected chi connectivity index (χ2v) is 5.11. The summed E-state index contributed by atoms with van der Waals surface area (Å²) in [6.07, 6.45) is -3.92. The number of hydrogen-bond donors (Lipinski definition) is 1. The lowest BCUT2D eigenvalue weighted by molar-refractivity contribution is -0.137. The van der Waals surface area contributed by atoms with Gasteiger partial charge in [0.1, 0.15) is 11.5 Å². The van der Waals surface area contributed by atoms with Crippen LogP contribution in [0.3, 0.4) is 0 Å². The lowest BCUT2D eigenvalue weighted by atomic mass is 10.1. The zero-order valence-corrected chi connectivity index (χ0v) is 11.4. The van der Waals surface area contributed by atoms with E-state index in [-0.39, 0.29) is 11.1 Å². The van der Waals surface area contributed by atoms with Crippen molar-refractivity contribution in [2.75, 3.05) is 0 Å². The van der Waals surface area contributed by atoms with Gasteiger partial charge in [0.25, 0.3) is 0 Å². The van der Waals surface area contributed by atoms with Crippen molar-refractivity contribution in [2.45, 2.75) is 25.6 Å². The summed E-state index contributed by atoms with van der Waals surface area (Å²) in [4.78, 5) is 0. The predicted molar refractivity (Wildman–Crippen MR) is 71.5 cm³/mol. The maximum atomic E-state index is 12.7. The van der Waals surface area contributed by atoms with E-state index in [1.165, 1.54) is 6.07 Å². The van der Waals surface area contributed by atoms with Gasteiger partial charge in [0, 0.05) is 23.0 Å². The standard InChI is InChI=1S/C14H13ClF3NO/c1-8(19)4-12-2-3-13(20-12)9-5-10(14(16,17)18)7-11(15)6-9/h2-3,5-8H,4,19H2,1H3. The molecule has 0 fully saturated rings. The van der Waals surface area contributed by atoms with E-state index < -0.39 is 11.7 Å². The fourth-order valence-corrected chi connectivity index (χ4v) is 2.09. The number of halogens is 4. The average Bonchev–Trinajstić information content (AvgIpc) is 2.74. The zero-order valence-electron chi connectivity index (χ0n) is 10.7. The highest BCUT2D eigenvalue weighted by Crippen LogP contribution is 2.35. The quantitative estimate of drug-likeness (QED) is 0.906. The van der Waals surface area contributed by atoms with Gasteiger partial charge in [-0.25, -0.2) is 0 Å². The highest BCUT2D eigenvalue weighted by molar-refractivity contribution is 6.30. The van der Waals surface area contributed by atoms with Crippen molar-refractivity contribution in [3.05, 3.63) is 46.7 Å². The summed E-state index contributed by atoms with van der Waals surface area (Å²) in [6, 6.07) is 6.57. The first-order valence-electron chi connectivity index (χ1n) is 5.98. The minimum Gasteiger partial charge on any atom is -0.461 e. The Balaban J connectivity index is 2.37. The largest absolute Gasteiger partial charge is 0.461 e. The van der Waals surface area contributed by atoms with Crippen LogP contribution in [0, 0.1) is 0 Å². The first kappa shape index (κ1) is 14.9. The van der Waals surface area contributed by atoms with Crippen molar-refractivity contribution in [2.24, 2.45) is 5.73 Å². The van der Waals surface area contributed by atoms with E-state index in [0.29, 0.717) is 23.5 Å². The van der Waals surface area contributed by atoms with Crippen LogP contribution in [-0.4, -0.2) is 6.04 Å². The molecule has 1 aromatic heterocycles. The zero-order chi connectivity index (χ0) is 14.9. The third kappa shape index (κ3) is 3.55. The molecule has 1 unspecified atom stereocenters. The molecule has 0 aliphatic heterocycles. The lowest BCUT2D eigenvalue weighted by Gasteiger charge is -2.09. The second-order valence-electron chi connectivity index (χ2n) is 4.67. The summed E-state index contributed by atoms with van der Waals surface area (Å²) in [5.74, 6) is 0.970. The molecule has 0 bridgehead atoms. The highest BCUT2D eigenvalue weighted by atomic mass is 35.5. The number of furan rings is 1. The van der Waals surface area contributed by atoms with E-state index in [0.717, 1.165) is 12.1 Å². The monoisotopic (exact) mass is 303 g/mol. The first-order valence-corrected chi connectivity index (χ1v) is 6.36. The Morgan fingerprint density at radius 3 is 2.55 bits per heavy atom. The number of alkyl halides is 3. The van der Waals surface area contributed by atoms with Crippen molar-refractivity contribution in [1.82, 2.24) is 0 Å². The summed E-state index contributed by atoms with van der Waals surface area (Å²) in [6.45, 7) is 1.82. The van der Waals surface area contributed by atoms with Crippen LogP contribution in [-0.2, 0) is 12.6 Å². The van der Waals surface area contributed by atoms with Gasteiger partial charge in [0.15, 0.2) is 0 Å². The number of rotatable bonds is 3. The van der Waals surface area contributed by atoms with E-state index in [1.54, 1.807) is 12.1 Å². The van der Waals surface area contributed by atoms with Crippen molar-refractivity contribution >= 4 is 11.6 Å². The predicted octanol–water partition coefficient (Wildman–Crippen LogP) is 4.51. The fraction of sp³-hybridized carbons (Fsp3) is 0.286. The molecular formula is C14H13ClF3NO. The Kier molecular flexibility index (Phi) is 4.11. The summed E-state index contributed by atoms with van der Waals surface area (Å²) >= 11 is 5.74. The molecule has 2 rings (SSSR count). The normalized spacial score (nSPS) is 13.5. The van der Waals surface area contributed by atoms with E-state index in [2.05, 4.69) is 0 Å². The summed E-state index contributed by atoms with van der Waals surface area (Å²) in [5, 5.41) is 0.0139. The molecule has 0 saturated carbocycles. The molecule has 108 valence electrons. The Morgan fingerprint density at radius 1 is 1.25 bits per heavy atom. The van der Waals surface area contributed by atoms with Gasteiger partial charge < -0.3 is 10.2 Å². The second kappa shape index (κ2) is 5.50. The van der Waals surface area contributed by atoms with Gasteiger partial charge in [-0.15, -0.1) is 0 Å². The molecule has 0 spiro atoms. The van der Waals surface area contributed by atoms with Crippen LogP contribution in [0.5, 0.6) is 0 Å². The minimum atomic E-state index is -4.44. The first-order chi connectivity index (χ1) is 9.25. The third-order valence-electron chi connectivity index (χ3n) is 2.69. The van der Waals surface area contributed by atoms with Crippen LogP contribution < -0.4 is 5.73 Å². The van der Waals surface area contributed by atoms with E-state index in [1.807, 2.05) is 6.92 Å². The van der Waals surface area contributed by atoms with Crippen molar-refractivity contribution in [3.63, 3.8) is 0 Å². The molecule has 0 amide bonds. The fourth-order valence-electron chi connectivity index (χ4n) is 1.86. The van der Waals surface area contributed by atoms with Crippen molar-refractivity contribution in [1.29, 1.82) is 0 Å². The van der Waals surface area contributed by atoms with Crippen LogP contribution in [0.1, 0.15) is 18.2 Å². The van der Waals surface area contributed by atoms with Gasteiger partial charge in [0.05, 0.1) is 5.56 Å². The van der Waals surface area contributed by atoms with Gasteiger partial charge in [-0.1, -0.05) is 11.6 Å². The van der Waals surface area contributed by atoms with Gasteiger partial charge >= 0.3 is 6.18 Å². The number of benzene rings is 1. The van der Waals surface area contributed by atoms with E-state index in [4.69, 9.17) is 21.8 Å². The molecule has 1 atom stereocenters. The van der Waals surface area contributed by atoms with Crippen LogP contribution in [0.2, 0.25) is 5.02 Å². The molecule has 2 N–H and O–H groups in total. The summed E-state index contributed by atoms with van der Waals surface area (Å²) in [5.41, 5.74) is 5.14. The maximum absolute atomic E-state index is 12.7. The van der Waals surface area contributed by atoms with Gasteiger partial charge in [-0.2, -0.15) is 13.2 Å². The number of nitrogens with two attached hydrogens (primary N) is 1. The molecule has 6 heteroatoms. The molecule has 1 heterocycles. The summed E-state index contributed by atoms with van der Waals surface area (Å²) in [7, 11) is 0. The van der Waals surface area contributed by atoms with Gasteiger partial charge in [-0.3, -0.25) is 0 Å². The molecule has 2 aromatic rings. The molecular weight excluding hydrogens is 291 g/mol. The highest BCUT2D eigenvalue weighted by Gasteiger charge is 2.31. The minimum absolute atomic E-state index is 0.0139. The Bertz CT molecular complexity index is 605. The van der Waals surface area contributed by atoms with Gasteiger partial charge in [0.2, 0.25) is 0 Å². The number of hydrogen-bond acceptors (Lipinski definition) is 2. The van der Waals surface area contributed by atoms with Crippen molar-refractivity contribution < 1.29 is 17.6 Å².